The van der Waals surface area contributed by atoms with Crippen molar-refractivity contribution in [2.75, 3.05) is 0 Å². The molecule has 2 rings (SSSR count). The van der Waals surface area contributed by atoms with Crippen LogP contribution in [-0.2, 0) is 4.79 Å². The molecular weight excluding hydrogens is 232 g/mol. The molecule has 0 aromatic carbocycles. The fraction of sp³-hybridized carbons (Fsp3) is 0.833. The van der Waals surface area contributed by atoms with Crippen LogP contribution < -0.4 is 0 Å². The Hall–Kier alpha value is -0.590. The van der Waals surface area contributed by atoms with Crippen molar-refractivity contribution in [3.63, 3.8) is 0 Å². The van der Waals surface area contributed by atoms with Crippen LogP contribution in [0.5, 0.6) is 0 Å². The zero-order valence-electron chi connectivity index (χ0n) is 13.4. The molecule has 4 atom stereocenters. The SMILES string of the molecule is CC(=O)CC[C@@]1(C)[C@H](C)CC[C@@]2(C)C(C)=CCC[C@@H]12. The molecule has 0 heterocycles. The third kappa shape index (κ3) is 2.41. The summed E-state index contributed by atoms with van der Waals surface area (Å²) in [6.07, 6.45) is 9.48. The highest BCUT2D eigenvalue weighted by atomic mass is 16.1. The van der Waals surface area contributed by atoms with Crippen LogP contribution in [0.15, 0.2) is 11.6 Å². The molecule has 0 spiro atoms. The highest BCUT2D eigenvalue weighted by Gasteiger charge is 2.52. The smallest absolute Gasteiger partial charge is 0.129 e. The number of carbonyl (C=O) groups is 1. The highest BCUT2D eigenvalue weighted by Crippen LogP contribution is 2.61. The molecule has 1 heteroatoms. The number of ketones is 1. The van der Waals surface area contributed by atoms with Gasteiger partial charge in [-0.05, 0) is 68.6 Å². The van der Waals surface area contributed by atoms with Crippen molar-refractivity contribution in [2.24, 2.45) is 22.7 Å². The van der Waals surface area contributed by atoms with Gasteiger partial charge in [0, 0.05) is 6.42 Å². The minimum absolute atomic E-state index is 0.341. The second-order valence-electron chi connectivity index (χ2n) is 7.58. The van der Waals surface area contributed by atoms with E-state index in [0.717, 1.165) is 24.7 Å². The van der Waals surface area contributed by atoms with E-state index in [1.807, 2.05) is 0 Å². The summed E-state index contributed by atoms with van der Waals surface area (Å²) in [5, 5.41) is 0. The molecule has 19 heavy (non-hydrogen) atoms. The Morgan fingerprint density at radius 3 is 2.68 bits per heavy atom. The van der Waals surface area contributed by atoms with E-state index in [9.17, 15) is 4.79 Å². The van der Waals surface area contributed by atoms with Crippen molar-refractivity contribution in [3.05, 3.63) is 11.6 Å². The van der Waals surface area contributed by atoms with E-state index in [2.05, 4.69) is 33.8 Å². The number of carbonyl (C=O) groups excluding carboxylic acids is 1. The Bertz CT molecular complexity index is 394. The summed E-state index contributed by atoms with van der Waals surface area (Å²) >= 11 is 0. The van der Waals surface area contributed by atoms with Crippen molar-refractivity contribution in [2.45, 2.75) is 73.1 Å². The first-order chi connectivity index (χ1) is 8.80. The largest absolute Gasteiger partial charge is 0.300 e. The lowest BCUT2D eigenvalue weighted by molar-refractivity contribution is -0.119. The standard InChI is InChI=1S/C18H30O/c1-13-7-6-8-16-17(13,4)11-9-14(2)18(16,5)12-10-15(3)19/h7,14,16H,6,8-12H2,1-5H3/t14-,16-,17+,18+/m1/s1. The number of Topliss-reactive ketones (excluding diaryl/α,β-unsaturated/α-hetero) is 1. The molecule has 1 fully saturated rings. The van der Waals surface area contributed by atoms with Crippen LogP contribution in [0.3, 0.4) is 0 Å². The van der Waals surface area contributed by atoms with Gasteiger partial charge in [-0.1, -0.05) is 32.4 Å². The summed E-state index contributed by atoms with van der Waals surface area (Å²) in [7, 11) is 0. The van der Waals surface area contributed by atoms with Gasteiger partial charge in [-0.15, -0.1) is 0 Å². The Balaban J connectivity index is 2.30. The Morgan fingerprint density at radius 2 is 2.05 bits per heavy atom. The lowest BCUT2D eigenvalue weighted by Gasteiger charge is -2.58. The van der Waals surface area contributed by atoms with Crippen molar-refractivity contribution in [1.29, 1.82) is 0 Å². The van der Waals surface area contributed by atoms with Gasteiger partial charge in [0.1, 0.15) is 5.78 Å². The number of hydrogen-bond acceptors (Lipinski definition) is 1. The van der Waals surface area contributed by atoms with E-state index >= 15 is 0 Å². The van der Waals surface area contributed by atoms with E-state index in [0.29, 0.717) is 16.6 Å². The predicted molar refractivity (Wildman–Crippen MR) is 81.0 cm³/mol. The van der Waals surface area contributed by atoms with Crippen LogP contribution in [-0.4, -0.2) is 5.78 Å². The molecule has 0 aromatic rings. The maximum Gasteiger partial charge on any atom is 0.129 e. The van der Waals surface area contributed by atoms with Crippen LogP contribution in [0.1, 0.15) is 73.1 Å². The third-order valence-electron chi connectivity index (χ3n) is 6.61. The van der Waals surface area contributed by atoms with Gasteiger partial charge in [-0.2, -0.15) is 0 Å². The topological polar surface area (TPSA) is 17.1 Å². The molecule has 2 aliphatic rings. The summed E-state index contributed by atoms with van der Waals surface area (Å²) in [4.78, 5) is 11.4. The van der Waals surface area contributed by atoms with Crippen LogP contribution in [0.2, 0.25) is 0 Å². The van der Waals surface area contributed by atoms with Gasteiger partial charge in [-0.3, -0.25) is 0 Å². The van der Waals surface area contributed by atoms with E-state index in [1.165, 1.54) is 25.7 Å². The van der Waals surface area contributed by atoms with E-state index in [4.69, 9.17) is 0 Å². The molecule has 0 unspecified atom stereocenters. The second-order valence-corrected chi connectivity index (χ2v) is 7.58. The van der Waals surface area contributed by atoms with Crippen LogP contribution in [0.4, 0.5) is 0 Å². The molecule has 0 aromatic heterocycles. The highest BCUT2D eigenvalue weighted by molar-refractivity contribution is 5.75. The molecule has 0 N–H and O–H groups in total. The first kappa shape index (κ1) is 14.8. The van der Waals surface area contributed by atoms with Gasteiger partial charge in [-0.25, -0.2) is 0 Å². The summed E-state index contributed by atoms with van der Waals surface area (Å²) in [6.45, 7) is 11.4. The van der Waals surface area contributed by atoms with Crippen molar-refractivity contribution in [3.8, 4) is 0 Å². The summed E-state index contributed by atoms with van der Waals surface area (Å²) in [5.41, 5.74) is 2.33. The quantitative estimate of drug-likeness (QED) is 0.642. The number of hydrogen-bond donors (Lipinski definition) is 0. The van der Waals surface area contributed by atoms with Gasteiger partial charge in [0.05, 0.1) is 0 Å². The predicted octanol–water partition coefficient (Wildman–Crippen LogP) is 5.15. The minimum atomic E-state index is 0.341. The lowest BCUT2D eigenvalue weighted by Crippen LogP contribution is -2.49. The average molecular weight is 262 g/mol. The Kier molecular flexibility index (Phi) is 3.95. The van der Waals surface area contributed by atoms with Gasteiger partial charge < -0.3 is 4.79 Å². The first-order valence-corrected chi connectivity index (χ1v) is 7.97. The molecule has 0 aliphatic heterocycles. The van der Waals surface area contributed by atoms with E-state index in [-0.39, 0.29) is 0 Å². The number of allylic oxidation sites excluding steroid dienone is 2. The normalized spacial score (nSPS) is 42.5. The van der Waals surface area contributed by atoms with Crippen molar-refractivity contribution in [1.82, 2.24) is 0 Å². The molecule has 0 amide bonds. The number of rotatable bonds is 3. The van der Waals surface area contributed by atoms with Gasteiger partial charge in [0.2, 0.25) is 0 Å². The van der Waals surface area contributed by atoms with Crippen LogP contribution >= 0.6 is 0 Å². The molecule has 2 aliphatic carbocycles. The molecule has 0 bridgehead atoms. The molecule has 1 saturated carbocycles. The van der Waals surface area contributed by atoms with E-state index in [1.54, 1.807) is 12.5 Å². The van der Waals surface area contributed by atoms with Crippen molar-refractivity contribution >= 4 is 5.78 Å². The Morgan fingerprint density at radius 1 is 1.37 bits per heavy atom. The molecule has 0 saturated heterocycles. The maximum absolute atomic E-state index is 11.4. The molecule has 108 valence electrons. The lowest BCUT2D eigenvalue weighted by atomic mass is 9.47. The van der Waals surface area contributed by atoms with E-state index < -0.39 is 0 Å². The zero-order valence-corrected chi connectivity index (χ0v) is 13.4. The zero-order chi connectivity index (χ0) is 14.3. The van der Waals surface area contributed by atoms with Gasteiger partial charge in [0.15, 0.2) is 0 Å². The molecular formula is C18H30O. The maximum atomic E-state index is 11.4. The van der Waals surface area contributed by atoms with Gasteiger partial charge >= 0.3 is 0 Å². The van der Waals surface area contributed by atoms with Crippen LogP contribution in [0, 0.1) is 22.7 Å². The van der Waals surface area contributed by atoms with Crippen molar-refractivity contribution < 1.29 is 4.79 Å². The summed E-state index contributed by atoms with van der Waals surface area (Å²) in [5.74, 6) is 1.85. The summed E-state index contributed by atoms with van der Waals surface area (Å²) < 4.78 is 0. The average Bonchev–Trinajstić information content (AvgIpc) is 2.35. The van der Waals surface area contributed by atoms with Gasteiger partial charge in [0.25, 0.3) is 0 Å². The van der Waals surface area contributed by atoms with Crippen LogP contribution in [0.25, 0.3) is 0 Å². The fourth-order valence-corrected chi connectivity index (χ4v) is 4.78. The Labute approximate surface area is 118 Å². The number of fused-ring (bicyclic) bond motifs is 1. The summed E-state index contributed by atoms with van der Waals surface area (Å²) in [6, 6.07) is 0. The first-order valence-electron chi connectivity index (χ1n) is 7.97. The second kappa shape index (κ2) is 5.07. The fourth-order valence-electron chi connectivity index (χ4n) is 4.78. The molecule has 0 radical (unpaired) electrons. The molecule has 1 nitrogen and oxygen atoms in total. The monoisotopic (exact) mass is 262 g/mol. The minimum Gasteiger partial charge on any atom is -0.300 e. The third-order valence-corrected chi connectivity index (χ3v) is 6.61.